The van der Waals surface area contributed by atoms with Gasteiger partial charge in [-0.1, -0.05) is 38.1 Å². The molecule has 0 aliphatic heterocycles. The minimum absolute atomic E-state index is 0.183. The maximum Gasteiger partial charge on any atom is 0.335 e. The van der Waals surface area contributed by atoms with Gasteiger partial charge in [-0.25, -0.2) is 4.79 Å². The summed E-state index contributed by atoms with van der Waals surface area (Å²) < 4.78 is 7.24. The van der Waals surface area contributed by atoms with Gasteiger partial charge >= 0.3 is 5.97 Å². The lowest BCUT2D eigenvalue weighted by Gasteiger charge is -2.16. The molecule has 0 radical (unpaired) electrons. The summed E-state index contributed by atoms with van der Waals surface area (Å²) in [6.45, 7) is 4.74. The molecule has 0 bridgehead atoms. The van der Waals surface area contributed by atoms with Gasteiger partial charge in [-0.15, -0.1) is 0 Å². The third-order valence-corrected chi connectivity index (χ3v) is 5.52. The maximum atomic E-state index is 12.7. The van der Waals surface area contributed by atoms with Gasteiger partial charge in [0, 0.05) is 31.6 Å². The van der Waals surface area contributed by atoms with Crippen LogP contribution in [0.15, 0.2) is 48.5 Å². The van der Waals surface area contributed by atoms with Gasteiger partial charge in [0.2, 0.25) is 0 Å². The van der Waals surface area contributed by atoms with Crippen molar-refractivity contribution in [3.05, 3.63) is 76.6 Å². The summed E-state index contributed by atoms with van der Waals surface area (Å²) in [4.78, 5) is 23.9. The zero-order valence-electron chi connectivity index (χ0n) is 20.1. The molecule has 180 valence electrons. The van der Waals surface area contributed by atoms with Gasteiger partial charge in [0.25, 0.3) is 5.91 Å². The van der Waals surface area contributed by atoms with E-state index in [1.807, 2.05) is 44.2 Å². The Kier molecular flexibility index (Phi) is 8.29. The topological polar surface area (TPSA) is 105 Å². The molecule has 1 fully saturated rings. The second kappa shape index (κ2) is 11.4. The summed E-state index contributed by atoms with van der Waals surface area (Å²) in [7, 11) is 3.37. The standard InChI is InChI=1S/C24H26N4O4.C2H6/c1-28-21(12-20(27-28)16-9-10-16)23(29)26-14-18-7-4-8-19(22(18)32-2)25-13-15-5-3-6-17(11-15)24(30)31;1-2/h3-8,11-12,16,25H,9-10,13-14H2,1-2H3,(H,26,29)(H,30,31);1-2H3. The van der Waals surface area contributed by atoms with Crippen LogP contribution in [0.1, 0.15) is 70.3 Å². The smallest absolute Gasteiger partial charge is 0.335 e. The molecular weight excluding hydrogens is 432 g/mol. The summed E-state index contributed by atoms with van der Waals surface area (Å²) in [6.07, 6.45) is 2.27. The number of aromatic nitrogens is 2. The van der Waals surface area contributed by atoms with Crippen molar-refractivity contribution in [2.75, 3.05) is 12.4 Å². The van der Waals surface area contributed by atoms with Crippen LogP contribution < -0.4 is 15.4 Å². The van der Waals surface area contributed by atoms with Crippen LogP contribution in [0.25, 0.3) is 0 Å². The number of carbonyl (C=O) groups is 2. The fourth-order valence-electron chi connectivity index (χ4n) is 3.66. The number of rotatable bonds is 9. The zero-order valence-corrected chi connectivity index (χ0v) is 20.1. The Bertz CT molecular complexity index is 1150. The Balaban J connectivity index is 0.00000158. The van der Waals surface area contributed by atoms with Crippen LogP contribution in [0, 0.1) is 0 Å². The molecule has 4 rings (SSSR count). The monoisotopic (exact) mass is 464 g/mol. The average molecular weight is 465 g/mol. The van der Waals surface area contributed by atoms with Crippen LogP contribution in [0.4, 0.5) is 5.69 Å². The molecule has 3 aromatic rings. The first-order valence-corrected chi connectivity index (χ1v) is 11.5. The molecule has 1 aliphatic carbocycles. The number of methoxy groups -OCH3 is 1. The number of aromatic carboxylic acids is 1. The van der Waals surface area contributed by atoms with Gasteiger partial charge < -0.3 is 20.5 Å². The molecule has 8 nitrogen and oxygen atoms in total. The van der Waals surface area contributed by atoms with Crippen molar-refractivity contribution in [3.8, 4) is 5.75 Å². The molecule has 8 heteroatoms. The maximum absolute atomic E-state index is 12.7. The molecule has 0 atom stereocenters. The number of nitrogens with zero attached hydrogens (tertiary/aromatic N) is 2. The molecule has 3 N–H and O–H groups in total. The van der Waals surface area contributed by atoms with Crippen LogP contribution in [0.3, 0.4) is 0 Å². The lowest BCUT2D eigenvalue weighted by atomic mass is 10.1. The first-order chi connectivity index (χ1) is 16.5. The van der Waals surface area contributed by atoms with Gasteiger partial charge in [0.05, 0.1) is 24.1 Å². The highest BCUT2D eigenvalue weighted by Gasteiger charge is 2.28. The second-order valence-electron chi connectivity index (χ2n) is 7.89. The van der Waals surface area contributed by atoms with Crippen molar-refractivity contribution in [3.63, 3.8) is 0 Å². The van der Waals surface area contributed by atoms with Crippen LogP contribution in [-0.2, 0) is 20.1 Å². The van der Waals surface area contributed by atoms with Crippen LogP contribution in [0.2, 0.25) is 0 Å². The van der Waals surface area contributed by atoms with Gasteiger partial charge in [0.1, 0.15) is 11.4 Å². The van der Waals surface area contributed by atoms with E-state index in [0.29, 0.717) is 30.5 Å². The highest BCUT2D eigenvalue weighted by Crippen LogP contribution is 2.39. The molecule has 34 heavy (non-hydrogen) atoms. The first kappa shape index (κ1) is 24.8. The summed E-state index contributed by atoms with van der Waals surface area (Å²) >= 11 is 0. The van der Waals surface area contributed by atoms with Crippen molar-refractivity contribution in [1.29, 1.82) is 0 Å². The number of para-hydroxylation sites is 1. The highest BCUT2D eigenvalue weighted by molar-refractivity contribution is 5.92. The minimum Gasteiger partial charge on any atom is -0.494 e. The van der Waals surface area contributed by atoms with E-state index in [2.05, 4.69) is 15.7 Å². The van der Waals surface area contributed by atoms with Crippen molar-refractivity contribution in [2.24, 2.45) is 7.05 Å². The number of hydrogen-bond donors (Lipinski definition) is 3. The summed E-state index contributed by atoms with van der Waals surface area (Å²) in [6, 6.07) is 14.3. The molecule has 1 aromatic heterocycles. The average Bonchev–Trinajstić information content (AvgIpc) is 3.64. The lowest BCUT2D eigenvalue weighted by Crippen LogP contribution is -2.25. The molecule has 1 amide bonds. The van der Waals surface area contributed by atoms with E-state index in [1.165, 1.54) is 0 Å². The molecular formula is C26H32N4O4. The molecule has 1 saturated carbocycles. The van der Waals surface area contributed by atoms with Crippen molar-refractivity contribution in [2.45, 2.75) is 45.7 Å². The van der Waals surface area contributed by atoms with Gasteiger partial charge in [-0.2, -0.15) is 5.10 Å². The summed E-state index contributed by atoms with van der Waals surface area (Å²) in [5, 5.41) is 19.9. The van der Waals surface area contributed by atoms with E-state index in [4.69, 9.17) is 9.84 Å². The number of carboxylic acids is 1. The third-order valence-electron chi connectivity index (χ3n) is 5.52. The van der Waals surface area contributed by atoms with Crippen molar-refractivity contribution >= 4 is 17.6 Å². The summed E-state index contributed by atoms with van der Waals surface area (Å²) in [5.74, 6) is -0.0229. The fraction of sp³-hybridized carbons (Fsp3) is 0.346. The van der Waals surface area contributed by atoms with E-state index in [9.17, 15) is 9.59 Å². The predicted molar refractivity (Wildman–Crippen MR) is 131 cm³/mol. The number of benzene rings is 2. The molecule has 2 aromatic carbocycles. The molecule has 1 aliphatic rings. The van der Waals surface area contributed by atoms with Crippen LogP contribution in [0.5, 0.6) is 5.75 Å². The number of aryl methyl sites for hydroxylation is 1. The van der Waals surface area contributed by atoms with Crippen LogP contribution in [-0.4, -0.2) is 33.9 Å². The number of carbonyl (C=O) groups excluding carboxylic acids is 1. The SMILES string of the molecule is CC.COc1c(CNC(=O)c2cc(C3CC3)nn2C)cccc1NCc1cccc(C(=O)O)c1. The molecule has 0 spiro atoms. The van der Waals surface area contributed by atoms with E-state index in [1.54, 1.807) is 37.0 Å². The second-order valence-corrected chi connectivity index (χ2v) is 7.89. The normalized spacial score (nSPS) is 12.4. The lowest BCUT2D eigenvalue weighted by molar-refractivity contribution is 0.0696. The first-order valence-electron chi connectivity index (χ1n) is 11.5. The number of ether oxygens (including phenoxy) is 1. The molecule has 0 unspecified atom stereocenters. The number of amides is 1. The Labute approximate surface area is 199 Å². The Morgan fingerprint density at radius 2 is 1.85 bits per heavy atom. The summed E-state index contributed by atoms with van der Waals surface area (Å²) in [5.41, 5.74) is 4.19. The molecule has 1 heterocycles. The Hall–Kier alpha value is -3.81. The largest absolute Gasteiger partial charge is 0.494 e. The van der Waals surface area contributed by atoms with E-state index < -0.39 is 5.97 Å². The quantitative estimate of drug-likeness (QED) is 0.428. The fourth-order valence-corrected chi connectivity index (χ4v) is 3.66. The van der Waals surface area contributed by atoms with Gasteiger partial charge in [0.15, 0.2) is 0 Å². The number of anilines is 1. The van der Waals surface area contributed by atoms with E-state index >= 15 is 0 Å². The van der Waals surface area contributed by atoms with Crippen molar-refractivity contribution in [1.82, 2.24) is 15.1 Å². The third kappa shape index (κ3) is 5.95. The number of nitrogens with one attached hydrogen (secondary N) is 2. The number of hydrogen-bond acceptors (Lipinski definition) is 5. The Morgan fingerprint density at radius 1 is 1.12 bits per heavy atom. The Morgan fingerprint density at radius 3 is 2.53 bits per heavy atom. The van der Waals surface area contributed by atoms with Crippen LogP contribution >= 0.6 is 0 Å². The predicted octanol–water partition coefficient (Wildman–Crippen LogP) is 4.57. The van der Waals surface area contributed by atoms with E-state index in [0.717, 1.165) is 35.3 Å². The zero-order chi connectivity index (χ0) is 24.7. The van der Waals surface area contributed by atoms with E-state index in [-0.39, 0.29) is 11.5 Å². The van der Waals surface area contributed by atoms with Gasteiger partial charge in [-0.05, 0) is 42.7 Å². The highest BCUT2D eigenvalue weighted by atomic mass is 16.5. The minimum atomic E-state index is -0.958. The van der Waals surface area contributed by atoms with Gasteiger partial charge in [-0.3, -0.25) is 9.48 Å². The molecule has 0 saturated heterocycles. The number of carboxylic acid groups (broad SMARTS) is 1. The van der Waals surface area contributed by atoms with Crippen molar-refractivity contribution < 1.29 is 19.4 Å².